The van der Waals surface area contributed by atoms with Crippen LogP contribution >= 0.6 is 69.6 Å². The van der Waals surface area contributed by atoms with Crippen LogP contribution in [0.1, 0.15) is 11.4 Å². The van der Waals surface area contributed by atoms with Crippen LogP contribution in [0.15, 0.2) is 12.4 Å². The van der Waals surface area contributed by atoms with Crippen LogP contribution in [0.5, 0.6) is 0 Å². The van der Waals surface area contributed by atoms with Gasteiger partial charge in [-0.3, -0.25) is 4.98 Å². The van der Waals surface area contributed by atoms with Crippen LogP contribution in [0.2, 0.25) is 0 Å². The van der Waals surface area contributed by atoms with E-state index in [0.717, 1.165) is 0 Å². The third-order valence-corrected chi connectivity index (χ3v) is 2.38. The Hall–Kier alpha value is 0.820. The predicted molar refractivity (Wildman–Crippen MR) is 60.5 cm³/mol. The zero-order valence-corrected chi connectivity index (χ0v) is 10.9. The third-order valence-electron chi connectivity index (χ3n) is 1.22. The first kappa shape index (κ1) is 12.9. The minimum absolute atomic E-state index is 0.103. The predicted octanol–water partition coefficient (Wildman–Crippen LogP) is 4.13. The van der Waals surface area contributed by atoms with Crippen molar-refractivity contribution in [2.24, 2.45) is 0 Å². The average molecular weight is 315 g/mol. The second-order valence-corrected chi connectivity index (χ2v) is 6.85. The molecule has 0 fully saturated rings. The van der Waals surface area contributed by atoms with Gasteiger partial charge in [0.2, 0.25) is 7.59 Å². The van der Waals surface area contributed by atoms with Crippen molar-refractivity contribution in [3.8, 4) is 0 Å². The Bertz CT molecular complexity index is 299. The van der Waals surface area contributed by atoms with Crippen molar-refractivity contribution in [3.05, 3.63) is 23.8 Å². The maximum atomic E-state index is 5.58. The monoisotopic (exact) mass is 312 g/mol. The Morgan fingerprint density at radius 1 is 0.786 bits per heavy atom. The van der Waals surface area contributed by atoms with Crippen molar-refractivity contribution in [2.45, 2.75) is 7.59 Å². The van der Waals surface area contributed by atoms with Gasteiger partial charge in [0.15, 0.2) is 0 Å². The van der Waals surface area contributed by atoms with E-state index < -0.39 is 7.59 Å². The van der Waals surface area contributed by atoms with Gasteiger partial charge in [-0.05, 0) is 0 Å². The molecule has 1 heterocycles. The van der Waals surface area contributed by atoms with E-state index in [0.29, 0.717) is 0 Å². The maximum absolute atomic E-state index is 5.58. The second kappa shape index (κ2) is 4.36. The Morgan fingerprint density at radius 2 is 1.14 bits per heavy atom. The highest BCUT2D eigenvalue weighted by molar-refractivity contribution is 6.67. The Kier molecular flexibility index (Phi) is 4.02. The van der Waals surface area contributed by atoms with Crippen LogP contribution in [0.25, 0.3) is 0 Å². The van der Waals surface area contributed by atoms with Gasteiger partial charge in [-0.2, -0.15) is 0 Å². The Labute approximate surface area is 110 Å². The highest BCUT2D eigenvalue weighted by Crippen LogP contribution is 2.40. The van der Waals surface area contributed by atoms with Gasteiger partial charge in [-0.15, -0.1) is 0 Å². The zero-order valence-electron chi connectivity index (χ0n) is 6.32. The molecule has 0 aliphatic carbocycles. The zero-order chi connectivity index (χ0) is 11.0. The van der Waals surface area contributed by atoms with Gasteiger partial charge in [0.1, 0.15) is 11.4 Å². The van der Waals surface area contributed by atoms with E-state index in [9.17, 15) is 0 Å². The van der Waals surface area contributed by atoms with Crippen molar-refractivity contribution >= 4 is 69.6 Å². The van der Waals surface area contributed by atoms with Crippen LogP contribution in [-0.4, -0.2) is 9.97 Å². The van der Waals surface area contributed by atoms with Gasteiger partial charge in [-0.1, -0.05) is 69.6 Å². The quantitative estimate of drug-likeness (QED) is 0.673. The number of aromatic nitrogens is 2. The van der Waals surface area contributed by atoms with Crippen LogP contribution < -0.4 is 0 Å². The fraction of sp³-hybridized carbons (Fsp3) is 0.333. The summed E-state index contributed by atoms with van der Waals surface area (Å²) < 4.78 is -3.36. The molecule has 0 radical (unpaired) electrons. The minimum Gasteiger partial charge on any atom is -0.261 e. The first-order chi connectivity index (χ1) is 6.21. The molecule has 14 heavy (non-hydrogen) atoms. The van der Waals surface area contributed by atoms with Crippen molar-refractivity contribution < 1.29 is 0 Å². The lowest BCUT2D eigenvalue weighted by molar-refractivity contribution is 0.954. The SMILES string of the molecule is ClC(Cl)(Cl)c1cncc(C(Cl)(Cl)Cl)n1. The highest BCUT2D eigenvalue weighted by Gasteiger charge is 2.30. The third kappa shape index (κ3) is 3.44. The van der Waals surface area contributed by atoms with Gasteiger partial charge in [0, 0.05) is 0 Å². The van der Waals surface area contributed by atoms with E-state index in [1.54, 1.807) is 0 Å². The van der Waals surface area contributed by atoms with Gasteiger partial charge in [0.05, 0.1) is 12.4 Å². The summed E-state index contributed by atoms with van der Waals surface area (Å²) in [6.07, 6.45) is 2.57. The molecule has 0 bridgehead atoms. The molecule has 0 aliphatic heterocycles. The van der Waals surface area contributed by atoms with Crippen LogP contribution in [-0.2, 0) is 7.59 Å². The first-order valence-electron chi connectivity index (χ1n) is 3.17. The molecule has 8 heteroatoms. The smallest absolute Gasteiger partial charge is 0.234 e. The van der Waals surface area contributed by atoms with Crippen molar-refractivity contribution in [1.82, 2.24) is 9.97 Å². The van der Waals surface area contributed by atoms with Gasteiger partial charge >= 0.3 is 0 Å². The number of rotatable bonds is 0. The normalized spacial score (nSPS) is 13.0. The summed E-state index contributed by atoms with van der Waals surface area (Å²) in [4.78, 5) is 7.61. The Morgan fingerprint density at radius 3 is 1.43 bits per heavy atom. The van der Waals surface area contributed by atoms with Gasteiger partial charge in [0.25, 0.3) is 0 Å². The molecule has 0 amide bonds. The summed E-state index contributed by atoms with van der Waals surface area (Å²) >= 11 is 33.5. The highest BCUT2D eigenvalue weighted by atomic mass is 35.6. The molecule has 0 aromatic carbocycles. The van der Waals surface area contributed by atoms with Crippen LogP contribution in [0.4, 0.5) is 0 Å². The molecule has 78 valence electrons. The molecule has 0 saturated carbocycles. The number of nitrogens with zero attached hydrogens (tertiary/aromatic N) is 2. The molecule has 0 unspecified atom stereocenters. The van der Waals surface area contributed by atoms with Gasteiger partial charge < -0.3 is 0 Å². The molecule has 1 rings (SSSR count). The molecule has 0 saturated heterocycles. The van der Waals surface area contributed by atoms with E-state index in [2.05, 4.69) is 9.97 Å². The van der Waals surface area contributed by atoms with Crippen LogP contribution in [0, 0.1) is 0 Å². The van der Waals surface area contributed by atoms with E-state index in [1.165, 1.54) is 12.4 Å². The molecule has 0 N–H and O–H groups in total. The fourth-order valence-electron chi connectivity index (χ4n) is 0.639. The number of hydrogen-bond acceptors (Lipinski definition) is 2. The molecule has 1 aromatic rings. The largest absolute Gasteiger partial charge is 0.261 e. The lowest BCUT2D eigenvalue weighted by Crippen LogP contribution is -2.11. The standard InChI is InChI=1S/C6H2Cl6N2/c7-5(8,9)3-1-13-2-4(14-3)6(10,11)12/h1-2H. The van der Waals surface area contributed by atoms with Gasteiger partial charge in [-0.25, -0.2) is 4.98 Å². The first-order valence-corrected chi connectivity index (χ1v) is 5.44. The summed E-state index contributed by atoms with van der Waals surface area (Å²) in [5.41, 5.74) is 0.206. The van der Waals surface area contributed by atoms with E-state index in [-0.39, 0.29) is 11.4 Å². The van der Waals surface area contributed by atoms with Crippen molar-refractivity contribution in [3.63, 3.8) is 0 Å². The number of hydrogen-bond donors (Lipinski definition) is 0. The Balaban J connectivity index is 3.15. The molecular weight excluding hydrogens is 313 g/mol. The van der Waals surface area contributed by atoms with E-state index >= 15 is 0 Å². The molecule has 0 atom stereocenters. The fourth-order valence-corrected chi connectivity index (χ4v) is 1.19. The van der Waals surface area contributed by atoms with Crippen molar-refractivity contribution in [2.75, 3.05) is 0 Å². The maximum Gasteiger partial charge on any atom is 0.234 e. The molecule has 1 aromatic heterocycles. The molecule has 0 spiro atoms. The average Bonchev–Trinajstić information content (AvgIpc) is 2.01. The lowest BCUT2D eigenvalue weighted by Gasteiger charge is -2.14. The summed E-state index contributed by atoms with van der Waals surface area (Å²) in [6, 6.07) is 0. The number of alkyl halides is 6. The molecule has 2 nitrogen and oxygen atoms in total. The van der Waals surface area contributed by atoms with E-state index in [1.807, 2.05) is 0 Å². The summed E-state index contributed by atoms with van der Waals surface area (Å²) in [5, 5.41) is 0. The second-order valence-electron chi connectivity index (χ2n) is 2.29. The van der Waals surface area contributed by atoms with Crippen molar-refractivity contribution in [1.29, 1.82) is 0 Å². The van der Waals surface area contributed by atoms with E-state index in [4.69, 9.17) is 69.6 Å². The number of halogens is 6. The topological polar surface area (TPSA) is 25.8 Å². The lowest BCUT2D eigenvalue weighted by atomic mass is 10.4. The summed E-state index contributed by atoms with van der Waals surface area (Å²) in [5.74, 6) is 0. The van der Waals surface area contributed by atoms with Crippen LogP contribution in [0.3, 0.4) is 0 Å². The molecule has 0 aliphatic rings. The summed E-state index contributed by atoms with van der Waals surface area (Å²) in [6.45, 7) is 0. The molecular formula is C6H2Cl6N2. The summed E-state index contributed by atoms with van der Waals surface area (Å²) in [7, 11) is 0. The minimum atomic E-state index is -1.68.